The molecule has 122 valence electrons. The Balaban J connectivity index is 1.75. The summed E-state index contributed by atoms with van der Waals surface area (Å²) in [4.78, 5) is 15.0. The van der Waals surface area contributed by atoms with Crippen molar-refractivity contribution in [1.82, 2.24) is 15.1 Å². The number of nitrogens with zero attached hydrogens (tertiary/aromatic N) is 2. The molecule has 1 fully saturated rings. The van der Waals surface area contributed by atoms with E-state index in [1.165, 1.54) is 0 Å². The second kappa shape index (κ2) is 6.54. The van der Waals surface area contributed by atoms with Gasteiger partial charge in [0.15, 0.2) is 0 Å². The standard InChI is InChI=1S/C18H24N4O/c1-12-9-10-13(2)22(12)14(3)18(23)20-16-11-19-21-17(16)15-7-5-4-6-8-15/h4-8,11-14H,9-10H2,1-3H3,(H,19,21)(H,20,23). The number of H-pyrrole nitrogens is 1. The van der Waals surface area contributed by atoms with E-state index in [1.54, 1.807) is 6.20 Å². The molecule has 5 heteroatoms. The highest BCUT2D eigenvalue weighted by Crippen LogP contribution is 2.28. The van der Waals surface area contributed by atoms with E-state index in [1.807, 2.05) is 37.3 Å². The fraction of sp³-hybridized carbons (Fsp3) is 0.444. The van der Waals surface area contributed by atoms with E-state index in [2.05, 4.69) is 34.3 Å². The smallest absolute Gasteiger partial charge is 0.241 e. The fourth-order valence-electron chi connectivity index (χ4n) is 3.56. The molecule has 0 bridgehead atoms. The minimum atomic E-state index is -0.152. The summed E-state index contributed by atoms with van der Waals surface area (Å²) in [5.41, 5.74) is 2.58. The summed E-state index contributed by atoms with van der Waals surface area (Å²) in [6, 6.07) is 10.6. The number of benzene rings is 1. The minimum Gasteiger partial charge on any atom is -0.322 e. The highest BCUT2D eigenvalue weighted by molar-refractivity contribution is 5.97. The van der Waals surface area contributed by atoms with Crippen LogP contribution in [0.2, 0.25) is 0 Å². The lowest BCUT2D eigenvalue weighted by molar-refractivity contribution is -0.121. The fourth-order valence-corrected chi connectivity index (χ4v) is 3.56. The summed E-state index contributed by atoms with van der Waals surface area (Å²) >= 11 is 0. The van der Waals surface area contributed by atoms with Gasteiger partial charge in [0, 0.05) is 17.6 Å². The molecule has 2 N–H and O–H groups in total. The van der Waals surface area contributed by atoms with Crippen LogP contribution in [0.5, 0.6) is 0 Å². The van der Waals surface area contributed by atoms with Crippen LogP contribution < -0.4 is 5.32 Å². The zero-order valence-corrected chi connectivity index (χ0v) is 13.9. The van der Waals surface area contributed by atoms with Crippen molar-refractivity contribution in [3.8, 4) is 11.3 Å². The van der Waals surface area contributed by atoms with Crippen molar-refractivity contribution in [2.45, 2.75) is 51.7 Å². The maximum Gasteiger partial charge on any atom is 0.241 e. The third-order valence-corrected chi connectivity index (χ3v) is 4.81. The summed E-state index contributed by atoms with van der Waals surface area (Å²) in [6.45, 7) is 6.37. The van der Waals surface area contributed by atoms with Gasteiger partial charge in [0.05, 0.1) is 23.6 Å². The van der Waals surface area contributed by atoms with Gasteiger partial charge in [0.1, 0.15) is 0 Å². The van der Waals surface area contributed by atoms with E-state index >= 15 is 0 Å². The first kappa shape index (κ1) is 15.7. The molecule has 0 saturated carbocycles. The predicted octanol–water partition coefficient (Wildman–Crippen LogP) is 3.28. The monoisotopic (exact) mass is 312 g/mol. The lowest BCUT2D eigenvalue weighted by Gasteiger charge is -2.31. The number of aromatic amines is 1. The van der Waals surface area contributed by atoms with E-state index in [9.17, 15) is 4.79 Å². The van der Waals surface area contributed by atoms with Crippen molar-refractivity contribution in [2.75, 3.05) is 5.32 Å². The number of likely N-dealkylation sites (tertiary alicyclic amines) is 1. The third-order valence-electron chi connectivity index (χ3n) is 4.81. The third kappa shape index (κ3) is 3.15. The average Bonchev–Trinajstić information content (AvgIpc) is 3.14. The molecule has 2 heterocycles. The van der Waals surface area contributed by atoms with Crippen LogP contribution in [-0.4, -0.2) is 39.1 Å². The maximum atomic E-state index is 12.7. The number of rotatable bonds is 4. The van der Waals surface area contributed by atoms with E-state index in [4.69, 9.17) is 0 Å². The number of anilines is 1. The molecule has 2 aromatic rings. The summed E-state index contributed by atoms with van der Waals surface area (Å²) in [5, 5.41) is 10.1. The first-order valence-corrected chi connectivity index (χ1v) is 8.25. The molecule has 1 aromatic heterocycles. The first-order chi connectivity index (χ1) is 11.1. The normalized spacial score (nSPS) is 22.9. The van der Waals surface area contributed by atoms with Crippen LogP contribution in [0.4, 0.5) is 5.69 Å². The molecule has 3 rings (SSSR count). The largest absolute Gasteiger partial charge is 0.322 e. The number of amides is 1. The van der Waals surface area contributed by atoms with Crippen molar-refractivity contribution in [3.63, 3.8) is 0 Å². The van der Waals surface area contributed by atoms with Gasteiger partial charge in [0.2, 0.25) is 5.91 Å². The SMILES string of the molecule is CC1CCC(C)N1C(C)C(=O)Nc1cn[nH]c1-c1ccccc1. The second-order valence-electron chi connectivity index (χ2n) is 6.41. The molecular formula is C18H24N4O. The van der Waals surface area contributed by atoms with Crippen molar-refractivity contribution in [2.24, 2.45) is 0 Å². The van der Waals surface area contributed by atoms with Gasteiger partial charge in [-0.15, -0.1) is 0 Å². The van der Waals surface area contributed by atoms with E-state index < -0.39 is 0 Å². The summed E-state index contributed by atoms with van der Waals surface area (Å²) in [5.74, 6) is 0.0178. The van der Waals surface area contributed by atoms with Gasteiger partial charge in [-0.2, -0.15) is 5.10 Å². The molecule has 1 amide bonds. The average molecular weight is 312 g/mol. The van der Waals surface area contributed by atoms with Crippen LogP contribution in [0.1, 0.15) is 33.6 Å². The second-order valence-corrected chi connectivity index (χ2v) is 6.41. The topological polar surface area (TPSA) is 61.0 Å². The van der Waals surface area contributed by atoms with Crippen molar-refractivity contribution >= 4 is 11.6 Å². The first-order valence-electron chi connectivity index (χ1n) is 8.25. The molecule has 1 aliphatic rings. The van der Waals surface area contributed by atoms with Crippen LogP contribution in [0, 0.1) is 0 Å². The Labute approximate surface area is 137 Å². The van der Waals surface area contributed by atoms with E-state index in [-0.39, 0.29) is 11.9 Å². The van der Waals surface area contributed by atoms with Gasteiger partial charge in [-0.1, -0.05) is 30.3 Å². The Hall–Kier alpha value is -2.14. The summed E-state index contributed by atoms with van der Waals surface area (Å²) in [7, 11) is 0. The summed E-state index contributed by atoms with van der Waals surface area (Å²) < 4.78 is 0. The van der Waals surface area contributed by atoms with Gasteiger partial charge in [-0.3, -0.25) is 14.8 Å². The molecule has 0 aliphatic carbocycles. The quantitative estimate of drug-likeness (QED) is 0.911. The number of nitrogens with one attached hydrogen (secondary N) is 2. The Morgan fingerprint density at radius 1 is 1.26 bits per heavy atom. The zero-order chi connectivity index (χ0) is 16.4. The van der Waals surface area contributed by atoms with Crippen LogP contribution in [0.25, 0.3) is 11.3 Å². The number of hydrogen-bond donors (Lipinski definition) is 2. The highest BCUT2D eigenvalue weighted by Gasteiger charge is 2.34. The Morgan fingerprint density at radius 2 is 1.91 bits per heavy atom. The van der Waals surface area contributed by atoms with Crippen molar-refractivity contribution < 1.29 is 4.79 Å². The van der Waals surface area contributed by atoms with Gasteiger partial charge in [-0.25, -0.2) is 0 Å². The van der Waals surface area contributed by atoms with E-state index in [0.29, 0.717) is 12.1 Å². The van der Waals surface area contributed by atoms with Crippen LogP contribution in [-0.2, 0) is 4.79 Å². The van der Waals surface area contributed by atoms with Gasteiger partial charge < -0.3 is 5.32 Å². The molecule has 0 radical (unpaired) electrons. The van der Waals surface area contributed by atoms with Crippen molar-refractivity contribution in [1.29, 1.82) is 0 Å². The molecular weight excluding hydrogens is 288 g/mol. The van der Waals surface area contributed by atoms with Crippen LogP contribution in [0.15, 0.2) is 36.5 Å². The lowest BCUT2D eigenvalue weighted by atomic mass is 10.1. The minimum absolute atomic E-state index is 0.0178. The lowest BCUT2D eigenvalue weighted by Crippen LogP contribution is -2.46. The number of hydrogen-bond acceptors (Lipinski definition) is 3. The highest BCUT2D eigenvalue weighted by atomic mass is 16.2. The number of carbonyl (C=O) groups excluding carboxylic acids is 1. The molecule has 5 nitrogen and oxygen atoms in total. The van der Waals surface area contributed by atoms with Gasteiger partial charge in [0.25, 0.3) is 0 Å². The zero-order valence-electron chi connectivity index (χ0n) is 13.9. The molecule has 3 atom stereocenters. The van der Waals surface area contributed by atoms with Crippen molar-refractivity contribution in [3.05, 3.63) is 36.5 Å². The summed E-state index contributed by atoms with van der Waals surface area (Å²) in [6.07, 6.45) is 3.98. The molecule has 1 aromatic carbocycles. The molecule has 3 unspecified atom stereocenters. The maximum absolute atomic E-state index is 12.7. The van der Waals surface area contributed by atoms with Gasteiger partial charge >= 0.3 is 0 Å². The Kier molecular flexibility index (Phi) is 4.48. The van der Waals surface area contributed by atoms with E-state index in [0.717, 1.165) is 29.8 Å². The predicted molar refractivity (Wildman–Crippen MR) is 92.1 cm³/mol. The Morgan fingerprint density at radius 3 is 2.57 bits per heavy atom. The molecule has 1 aliphatic heterocycles. The van der Waals surface area contributed by atoms with Crippen LogP contribution >= 0.6 is 0 Å². The van der Waals surface area contributed by atoms with Crippen LogP contribution in [0.3, 0.4) is 0 Å². The number of carbonyl (C=O) groups is 1. The number of aromatic nitrogens is 2. The molecule has 0 spiro atoms. The Bertz CT molecular complexity index is 657. The molecule has 23 heavy (non-hydrogen) atoms. The van der Waals surface area contributed by atoms with Gasteiger partial charge in [-0.05, 0) is 33.6 Å². The molecule has 1 saturated heterocycles.